The Bertz CT molecular complexity index is 577. The Morgan fingerprint density at radius 2 is 2.09 bits per heavy atom. The third-order valence-electron chi connectivity index (χ3n) is 4.45. The van der Waals surface area contributed by atoms with Crippen LogP contribution in [0, 0.1) is 5.82 Å². The summed E-state index contributed by atoms with van der Waals surface area (Å²) < 4.78 is 23.9. The summed E-state index contributed by atoms with van der Waals surface area (Å²) in [5, 5.41) is 10.3. The van der Waals surface area contributed by atoms with Crippen LogP contribution in [0.1, 0.15) is 10.4 Å². The van der Waals surface area contributed by atoms with Crippen molar-refractivity contribution in [2.24, 2.45) is 0 Å². The molecule has 23 heavy (non-hydrogen) atoms. The summed E-state index contributed by atoms with van der Waals surface area (Å²) in [6.07, 6.45) is -0.614. The predicted molar refractivity (Wildman–Crippen MR) is 81.0 cm³/mol. The highest BCUT2D eigenvalue weighted by molar-refractivity contribution is 5.97. The highest BCUT2D eigenvalue weighted by Crippen LogP contribution is 2.25. The fourth-order valence-corrected chi connectivity index (χ4v) is 3.22. The number of rotatable bonds is 3. The number of morpholine rings is 1. The van der Waals surface area contributed by atoms with Gasteiger partial charge in [0.05, 0.1) is 38.0 Å². The van der Waals surface area contributed by atoms with Crippen LogP contribution in [0.4, 0.5) is 4.39 Å². The molecule has 2 saturated heterocycles. The summed E-state index contributed by atoms with van der Waals surface area (Å²) in [7, 11) is 1.44. The quantitative estimate of drug-likeness (QED) is 0.869. The van der Waals surface area contributed by atoms with Crippen molar-refractivity contribution < 1.29 is 23.8 Å². The Morgan fingerprint density at radius 3 is 2.78 bits per heavy atom. The number of likely N-dealkylation sites (tertiary alicyclic amines) is 1. The zero-order valence-electron chi connectivity index (χ0n) is 13.1. The molecule has 0 bridgehead atoms. The minimum atomic E-state index is -0.614. The Labute approximate surface area is 134 Å². The number of ether oxygens (including phenoxy) is 2. The third-order valence-corrected chi connectivity index (χ3v) is 4.45. The first-order valence-electron chi connectivity index (χ1n) is 7.73. The number of benzene rings is 1. The number of β-amino-alcohol motifs (C(OH)–C–C–N with tert-alkyl or cyclic N) is 1. The Morgan fingerprint density at radius 1 is 1.35 bits per heavy atom. The summed E-state index contributed by atoms with van der Waals surface area (Å²) in [6, 6.07) is 3.76. The van der Waals surface area contributed by atoms with Crippen molar-refractivity contribution >= 4 is 5.91 Å². The molecule has 1 N–H and O–H groups in total. The van der Waals surface area contributed by atoms with Crippen molar-refractivity contribution in [1.82, 2.24) is 9.80 Å². The van der Waals surface area contributed by atoms with Crippen molar-refractivity contribution in [2.75, 3.05) is 46.5 Å². The van der Waals surface area contributed by atoms with Crippen LogP contribution in [-0.4, -0.2) is 79.5 Å². The van der Waals surface area contributed by atoms with Gasteiger partial charge in [-0.05, 0) is 18.2 Å². The molecule has 6 nitrogen and oxygen atoms in total. The van der Waals surface area contributed by atoms with E-state index in [-0.39, 0.29) is 24.1 Å². The molecule has 2 atom stereocenters. The van der Waals surface area contributed by atoms with Gasteiger partial charge in [-0.15, -0.1) is 0 Å². The summed E-state index contributed by atoms with van der Waals surface area (Å²) in [6.45, 7) is 3.41. The highest BCUT2D eigenvalue weighted by atomic mass is 19.1. The first-order chi connectivity index (χ1) is 11.1. The van der Waals surface area contributed by atoms with Gasteiger partial charge in [0.25, 0.3) is 5.91 Å². The lowest BCUT2D eigenvalue weighted by Crippen LogP contribution is -2.49. The molecule has 0 saturated carbocycles. The highest BCUT2D eigenvalue weighted by Gasteiger charge is 2.38. The van der Waals surface area contributed by atoms with E-state index in [2.05, 4.69) is 4.90 Å². The van der Waals surface area contributed by atoms with E-state index in [4.69, 9.17) is 9.47 Å². The second-order valence-electron chi connectivity index (χ2n) is 5.84. The van der Waals surface area contributed by atoms with E-state index in [1.54, 1.807) is 4.90 Å². The van der Waals surface area contributed by atoms with Gasteiger partial charge in [0, 0.05) is 26.2 Å². The summed E-state index contributed by atoms with van der Waals surface area (Å²) in [4.78, 5) is 16.4. The molecule has 0 radical (unpaired) electrons. The molecule has 0 spiro atoms. The zero-order valence-corrected chi connectivity index (χ0v) is 13.1. The molecule has 1 amide bonds. The van der Waals surface area contributed by atoms with Crippen LogP contribution in [0.25, 0.3) is 0 Å². The van der Waals surface area contributed by atoms with E-state index in [0.717, 1.165) is 13.1 Å². The topological polar surface area (TPSA) is 62.2 Å². The normalized spacial score (nSPS) is 25.6. The second-order valence-corrected chi connectivity index (χ2v) is 5.84. The van der Waals surface area contributed by atoms with Crippen molar-refractivity contribution in [3.05, 3.63) is 29.6 Å². The van der Waals surface area contributed by atoms with Crippen LogP contribution in [-0.2, 0) is 4.74 Å². The van der Waals surface area contributed by atoms with Gasteiger partial charge in [0.15, 0.2) is 0 Å². The second kappa shape index (κ2) is 6.82. The summed E-state index contributed by atoms with van der Waals surface area (Å²) >= 11 is 0. The third kappa shape index (κ3) is 3.31. The van der Waals surface area contributed by atoms with Crippen LogP contribution in [0.15, 0.2) is 18.2 Å². The number of aliphatic hydroxyl groups is 1. The summed E-state index contributed by atoms with van der Waals surface area (Å²) in [5.74, 6) is -0.476. The van der Waals surface area contributed by atoms with Crippen molar-refractivity contribution in [2.45, 2.75) is 12.1 Å². The van der Waals surface area contributed by atoms with Gasteiger partial charge in [-0.3, -0.25) is 9.69 Å². The fourth-order valence-electron chi connectivity index (χ4n) is 3.22. The summed E-state index contributed by atoms with van der Waals surface area (Å²) in [5.41, 5.74) is 0.183. The van der Waals surface area contributed by atoms with Gasteiger partial charge in [-0.2, -0.15) is 0 Å². The van der Waals surface area contributed by atoms with E-state index < -0.39 is 11.9 Å². The Balaban J connectivity index is 1.75. The largest absolute Gasteiger partial charge is 0.496 e. The average Bonchev–Trinajstić information content (AvgIpc) is 2.97. The number of halogens is 1. The number of amides is 1. The molecule has 2 aliphatic rings. The molecule has 1 aromatic carbocycles. The van der Waals surface area contributed by atoms with Crippen LogP contribution in [0.3, 0.4) is 0 Å². The predicted octanol–water partition coefficient (Wildman–Crippen LogP) is 0.352. The van der Waals surface area contributed by atoms with Crippen molar-refractivity contribution in [1.29, 1.82) is 0 Å². The van der Waals surface area contributed by atoms with Crippen LogP contribution in [0.2, 0.25) is 0 Å². The minimum Gasteiger partial charge on any atom is -0.496 e. The van der Waals surface area contributed by atoms with Crippen molar-refractivity contribution in [3.8, 4) is 5.75 Å². The number of nitrogens with zero attached hydrogens (tertiary/aromatic N) is 2. The van der Waals surface area contributed by atoms with Gasteiger partial charge in [-0.25, -0.2) is 4.39 Å². The van der Waals surface area contributed by atoms with E-state index in [1.165, 1.54) is 25.3 Å². The SMILES string of the molecule is COc1ccc(F)cc1C(=O)N1C[C@@H](O)[C@H](N2CCOCC2)C1. The number of hydrogen-bond acceptors (Lipinski definition) is 5. The molecule has 2 fully saturated rings. The van der Waals surface area contributed by atoms with Gasteiger partial charge in [0.2, 0.25) is 0 Å². The molecule has 2 aliphatic heterocycles. The van der Waals surface area contributed by atoms with E-state index in [9.17, 15) is 14.3 Å². The first-order valence-corrected chi connectivity index (χ1v) is 7.73. The molecular formula is C16H21FN2O4. The zero-order chi connectivity index (χ0) is 16.4. The number of carbonyl (C=O) groups is 1. The van der Waals surface area contributed by atoms with Crippen molar-refractivity contribution in [3.63, 3.8) is 0 Å². The number of aliphatic hydroxyl groups excluding tert-OH is 1. The maximum atomic E-state index is 13.5. The number of carbonyl (C=O) groups excluding carboxylic acids is 1. The molecule has 126 valence electrons. The molecule has 3 rings (SSSR count). The molecule has 0 unspecified atom stereocenters. The monoisotopic (exact) mass is 324 g/mol. The number of hydrogen-bond donors (Lipinski definition) is 1. The Kier molecular flexibility index (Phi) is 4.79. The van der Waals surface area contributed by atoms with E-state index >= 15 is 0 Å². The minimum absolute atomic E-state index is 0.109. The maximum Gasteiger partial charge on any atom is 0.257 e. The number of methoxy groups -OCH3 is 1. The van der Waals surface area contributed by atoms with Gasteiger partial charge < -0.3 is 19.5 Å². The average molecular weight is 324 g/mol. The van der Waals surface area contributed by atoms with Crippen LogP contribution >= 0.6 is 0 Å². The van der Waals surface area contributed by atoms with E-state index in [0.29, 0.717) is 25.5 Å². The van der Waals surface area contributed by atoms with E-state index in [1.807, 2.05) is 0 Å². The van der Waals surface area contributed by atoms with Gasteiger partial charge in [0.1, 0.15) is 11.6 Å². The molecule has 0 aliphatic carbocycles. The van der Waals surface area contributed by atoms with Crippen LogP contribution < -0.4 is 4.74 Å². The lowest BCUT2D eigenvalue weighted by Gasteiger charge is -2.33. The van der Waals surface area contributed by atoms with Gasteiger partial charge in [-0.1, -0.05) is 0 Å². The smallest absolute Gasteiger partial charge is 0.257 e. The Hall–Kier alpha value is -1.70. The maximum absolute atomic E-state index is 13.5. The first kappa shape index (κ1) is 16.2. The fraction of sp³-hybridized carbons (Fsp3) is 0.562. The van der Waals surface area contributed by atoms with Crippen LogP contribution in [0.5, 0.6) is 5.75 Å². The van der Waals surface area contributed by atoms with Gasteiger partial charge >= 0.3 is 0 Å². The lowest BCUT2D eigenvalue weighted by molar-refractivity contribution is -0.00611. The molecule has 1 aromatic rings. The standard InChI is InChI=1S/C16H21FN2O4/c1-22-15-3-2-11(17)8-12(15)16(21)19-9-13(14(20)10-19)18-4-6-23-7-5-18/h2-3,8,13-14,20H,4-7,9-10H2,1H3/t13-,14-/m1/s1. The molecular weight excluding hydrogens is 303 g/mol. The molecule has 0 aromatic heterocycles. The lowest BCUT2D eigenvalue weighted by atomic mass is 10.1. The molecule has 7 heteroatoms. The molecule has 2 heterocycles.